The summed E-state index contributed by atoms with van der Waals surface area (Å²) in [6.07, 6.45) is 2.57. The van der Waals surface area contributed by atoms with Crippen LogP contribution in [0, 0.1) is 17.3 Å². The first-order valence-corrected chi connectivity index (χ1v) is 7.87. The lowest BCUT2D eigenvalue weighted by molar-refractivity contribution is -0.0797. The van der Waals surface area contributed by atoms with Crippen molar-refractivity contribution in [1.29, 1.82) is 0 Å². The van der Waals surface area contributed by atoms with Gasteiger partial charge >= 0.3 is 0 Å². The molecule has 3 heteroatoms. The van der Waals surface area contributed by atoms with Crippen LogP contribution in [0.15, 0.2) is 0 Å². The van der Waals surface area contributed by atoms with E-state index in [2.05, 4.69) is 32.6 Å². The minimum atomic E-state index is -2.12. The van der Waals surface area contributed by atoms with E-state index in [0.717, 1.165) is 19.4 Å². The first-order valence-electron chi connectivity index (χ1n) is 7.87. The molecule has 1 aliphatic heterocycles. The van der Waals surface area contributed by atoms with Gasteiger partial charge in [0.2, 0.25) is 6.43 Å². The Hall–Kier alpha value is -0.180. The topological polar surface area (TPSA) is 3.24 Å². The molecule has 0 aromatic rings. The van der Waals surface area contributed by atoms with Gasteiger partial charge in [0.15, 0.2) is 0 Å². The molecule has 1 spiro atoms. The van der Waals surface area contributed by atoms with Crippen LogP contribution in [0.1, 0.15) is 59.8 Å². The lowest BCUT2D eigenvalue weighted by atomic mass is 9.56. The molecule has 0 amide bonds. The normalized spacial score (nSPS) is 36.5. The van der Waals surface area contributed by atoms with Crippen LogP contribution in [0.4, 0.5) is 8.78 Å². The van der Waals surface area contributed by atoms with Crippen molar-refractivity contribution in [2.24, 2.45) is 17.3 Å². The predicted molar refractivity (Wildman–Crippen MR) is 75.5 cm³/mol. The van der Waals surface area contributed by atoms with Crippen LogP contribution in [-0.2, 0) is 0 Å². The van der Waals surface area contributed by atoms with E-state index in [1.165, 1.54) is 12.8 Å². The van der Waals surface area contributed by atoms with Gasteiger partial charge in [-0.2, -0.15) is 0 Å². The molecule has 1 saturated carbocycles. The Morgan fingerprint density at radius 3 is 2.26 bits per heavy atom. The zero-order valence-electron chi connectivity index (χ0n) is 12.8. The third-order valence-electron chi connectivity index (χ3n) is 5.30. The van der Waals surface area contributed by atoms with Gasteiger partial charge in [0.1, 0.15) is 0 Å². The first kappa shape index (κ1) is 15.2. The van der Waals surface area contributed by atoms with Gasteiger partial charge in [0.25, 0.3) is 0 Å². The van der Waals surface area contributed by atoms with E-state index in [0.29, 0.717) is 23.4 Å². The van der Waals surface area contributed by atoms with E-state index >= 15 is 0 Å². The predicted octanol–water partition coefficient (Wildman–Crippen LogP) is 4.57. The molecule has 1 nitrogen and oxygen atoms in total. The Morgan fingerprint density at radius 1 is 1.16 bits per heavy atom. The van der Waals surface area contributed by atoms with Gasteiger partial charge in [-0.1, -0.05) is 13.8 Å². The standard InChI is InChI=1S/C16H29F2N/c1-11(2)14-5-6-16(10-19(14)12(3)4)8-13(9-16)7-15(17)18/h11-15H,5-10H2,1-4H3. The number of hydrogen-bond acceptors (Lipinski definition) is 1. The van der Waals surface area contributed by atoms with Crippen LogP contribution in [0.25, 0.3) is 0 Å². The van der Waals surface area contributed by atoms with E-state index in [4.69, 9.17) is 0 Å². The zero-order valence-corrected chi connectivity index (χ0v) is 12.8. The zero-order chi connectivity index (χ0) is 14.2. The highest BCUT2D eigenvalue weighted by atomic mass is 19.3. The Kier molecular flexibility index (Phi) is 4.54. The summed E-state index contributed by atoms with van der Waals surface area (Å²) in [7, 11) is 0. The van der Waals surface area contributed by atoms with Crippen molar-refractivity contribution >= 4 is 0 Å². The summed E-state index contributed by atoms with van der Waals surface area (Å²) in [5.74, 6) is 0.973. The SMILES string of the molecule is CC(C)C1CCC2(CC(CC(F)F)C2)CN1C(C)C. The van der Waals surface area contributed by atoms with E-state index in [-0.39, 0.29) is 12.3 Å². The molecular formula is C16H29F2N. The van der Waals surface area contributed by atoms with Gasteiger partial charge in [-0.05, 0) is 56.8 Å². The highest BCUT2D eigenvalue weighted by Crippen LogP contribution is 2.54. The second-order valence-corrected chi connectivity index (χ2v) is 7.52. The molecule has 1 aliphatic carbocycles. The third kappa shape index (κ3) is 3.29. The summed E-state index contributed by atoms with van der Waals surface area (Å²) in [5, 5.41) is 0. The average Bonchev–Trinajstić information content (AvgIpc) is 2.25. The smallest absolute Gasteiger partial charge is 0.238 e. The molecule has 1 saturated heterocycles. The molecule has 1 heterocycles. The molecular weight excluding hydrogens is 244 g/mol. The quantitative estimate of drug-likeness (QED) is 0.725. The van der Waals surface area contributed by atoms with Gasteiger partial charge in [-0.15, -0.1) is 0 Å². The molecule has 0 bridgehead atoms. The number of nitrogens with zero attached hydrogens (tertiary/aromatic N) is 1. The summed E-state index contributed by atoms with van der Waals surface area (Å²) >= 11 is 0. The minimum absolute atomic E-state index is 0.122. The molecule has 2 rings (SSSR count). The summed E-state index contributed by atoms with van der Waals surface area (Å²) in [5.41, 5.74) is 0.370. The second-order valence-electron chi connectivity index (χ2n) is 7.52. The van der Waals surface area contributed by atoms with Gasteiger partial charge in [0.05, 0.1) is 0 Å². The maximum absolute atomic E-state index is 12.4. The number of alkyl halides is 2. The highest BCUT2D eigenvalue weighted by Gasteiger charge is 2.49. The van der Waals surface area contributed by atoms with Crippen LogP contribution < -0.4 is 0 Å². The maximum atomic E-state index is 12.4. The Balaban J connectivity index is 1.93. The van der Waals surface area contributed by atoms with Crippen molar-refractivity contribution in [2.75, 3.05) is 6.54 Å². The van der Waals surface area contributed by atoms with Gasteiger partial charge < -0.3 is 0 Å². The fraction of sp³-hybridized carbons (Fsp3) is 1.00. The molecule has 2 fully saturated rings. The van der Waals surface area contributed by atoms with Crippen molar-refractivity contribution in [2.45, 2.75) is 78.3 Å². The molecule has 1 atom stereocenters. The van der Waals surface area contributed by atoms with Crippen molar-refractivity contribution in [3.8, 4) is 0 Å². The summed E-state index contributed by atoms with van der Waals surface area (Å²) in [6, 6.07) is 1.25. The van der Waals surface area contributed by atoms with Crippen LogP contribution >= 0.6 is 0 Å². The summed E-state index contributed by atoms with van der Waals surface area (Å²) < 4.78 is 24.8. The summed E-state index contributed by atoms with van der Waals surface area (Å²) in [4.78, 5) is 2.63. The number of hydrogen-bond donors (Lipinski definition) is 0. The molecule has 0 N–H and O–H groups in total. The molecule has 19 heavy (non-hydrogen) atoms. The Bertz CT molecular complexity index is 290. The number of halogens is 2. The van der Waals surface area contributed by atoms with Crippen molar-refractivity contribution < 1.29 is 8.78 Å². The second kappa shape index (κ2) is 5.67. The van der Waals surface area contributed by atoms with Crippen LogP contribution in [0.2, 0.25) is 0 Å². The van der Waals surface area contributed by atoms with Crippen LogP contribution in [0.3, 0.4) is 0 Å². The van der Waals surface area contributed by atoms with Gasteiger partial charge in [-0.25, -0.2) is 8.78 Å². The molecule has 0 aromatic heterocycles. The highest BCUT2D eigenvalue weighted by molar-refractivity contribution is 5.01. The fourth-order valence-corrected chi connectivity index (χ4v) is 4.40. The van der Waals surface area contributed by atoms with Crippen molar-refractivity contribution in [3.63, 3.8) is 0 Å². The Labute approximate surface area is 116 Å². The first-order chi connectivity index (χ1) is 8.83. The molecule has 0 aromatic carbocycles. The van der Waals surface area contributed by atoms with Crippen molar-refractivity contribution in [3.05, 3.63) is 0 Å². The Morgan fingerprint density at radius 2 is 1.79 bits per heavy atom. The van der Waals surface area contributed by atoms with Crippen LogP contribution in [0.5, 0.6) is 0 Å². The van der Waals surface area contributed by atoms with Gasteiger partial charge in [0, 0.05) is 25.0 Å². The summed E-state index contributed by atoms with van der Waals surface area (Å²) in [6.45, 7) is 10.3. The monoisotopic (exact) mass is 273 g/mol. The number of rotatable bonds is 4. The minimum Gasteiger partial charge on any atom is -0.297 e. The average molecular weight is 273 g/mol. The van der Waals surface area contributed by atoms with Crippen molar-refractivity contribution in [1.82, 2.24) is 4.90 Å². The van der Waals surface area contributed by atoms with E-state index < -0.39 is 6.43 Å². The maximum Gasteiger partial charge on any atom is 0.238 e. The van der Waals surface area contributed by atoms with Crippen LogP contribution in [-0.4, -0.2) is 30.0 Å². The molecule has 0 radical (unpaired) electrons. The largest absolute Gasteiger partial charge is 0.297 e. The number of piperidine rings is 1. The lowest BCUT2D eigenvalue weighted by Gasteiger charge is -2.57. The van der Waals surface area contributed by atoms with E-state index in [1.807, 2.05) is 0 Å². The molecule has 2 aliphatic rings. The fourth-order valence-electron chi connectivity index (χ4n) is 4.40. The van der Waals surface area contributed by atoms with E-state index in [1.54, 1.807) is 0 Å². The lowest BCUT2D eigenvalue weighted by Crippen LogP contribution is -2.57. The van der Waals surface area contributed by atoms with Gasteiger partial charge in [-0.3, -0.25) is 4.90 Å². The molecule has 1 unspecified atom stereocenters. The third-order valence-corrected chi connectivity index (χ3v) is 5.30. The number of likely N-dealkylation sites (tertiary alicyclic amines) is 1. The molecule has 112 valence electrons. The van der Waals surface area contributed by atoms with E-state index in [9.17, 15) is 8.78 Å².